The second-order valence-electron chi connectivity index (χ2n) is 16.2. The molecule has 2 aliphatic heterocycles. The average molecular weight is 1000 g/mol. The normalized spacial score (nSPS) is 14.1. The average Bonchev–Trinajstić information content (AvgIpc) is 4.06. The van der Waals surface area contributed by atoms with Crippen LogP contribution < -0.4 is 30.4 Å². The molecule has 0 unspecified atom stereocenters. The highest BCUT2D eigenvalue weighted by atomic mass is 35.5. The van der Waals surface area contributed by atoms with Gasteiger partial charge in [-0.15, -0.1) is 45.9 Å². The zero-order valence-electron chi connectivity index (χ0n) is 38.0. The maximum Gasteiger partial charge on any atom is 0.248 e. The molecule has 0 saturated carbocycles. The number of hydrogen-bond acceptors (Lipinski definition) is 11. The quantitative estimate of drug-likeness (QED) is 0.0723. The Kier molecular flexibility index (Phi) is 20.9. The molecule has 15 heteroatoms. The monoisotopic (exact) mass is 998 g/mol. The number of aliphatic hydroxyl groups excluding tert-OH is 1. The molecule has 3 N–H and O–H groups in total. The van der Waals surface area contributed by atoms with Crippen LogP contribution in [0.4, 0.5) is 11.4 Å². The minimum absolute atomic E-state index is 0. The van der Waals surface area contributed by atoms with Crippen LogP contribution in [0.5, 0.6) is 11.5 Å². The van der Waals surface area contributed by atoms with Crippen molar-refractivity contribution < 1.29 is 14.6 Å². The van der Waals surface area contributed by atoms with E-state index in [2.05, 4.69) is 88.9 Å². The number of H-pyrrole nitrogens is 2. The number of piperazine rings is 2. The zero-order chi connectivity index (χ0) is 46.8. The van der Waals surface area contributed by atoms with Crippen LogP contribution in [0.25, 0.3) is 42.0 Å². The molecule has 0 amide bonds. The second kappa shape index (κ2) is 27.2. The molecule has 4 aromatic heterocycles. The number of rotatable bonds is 14. The number of anilines is 2. The van der Waals surface area contributed by atoms with Gasteiger partial charge in [0.15, 0.2) is 0 Å². The maximum atomic E-state index is 11.5. The van der Waals surface area contributed by atoms with Crippen molar-refractivity contribution in [2.45, 2.75) is 33.1 Å². The minimum atomic E-state index is -0.0863. The third-order valence-electron chi connectivity index (χ3n) is 12.0. The zero-order valence-corrected chi connectivity index (χ0v) is 41.2. The SMILES string of the molecule is C.CO.ClCCl.O=c1ccc2ccc(OCCCCN3CCN(c4cccc5sccc45)CC3)cc2[nH]1.O=c1ccc2ccc(OCCCCN3CCN(c4cccc5sccc45)CC3)cc2[nH]1. The van der Waals surface area contributed by atoms with Gasteiger partial charge in [-0.05, 0) is 133 Å². The maximum absolute atomic E-state index is 11.5. The van der Waals surface area contributed by atoms with Crippen LogP contribution in [0.2, 0.25) is 0 Å². The molecule has 0 spiro atoms. The van der Waals surface area contributed by atoms with Gasteiger partial charge >= 0.3 is 0 Å². The number of halogens is 2. The highest BCUT2D eigenvalue weighted by molar-refractivity contribution is 7.17. The highest BCUT2D eigenvalue weighted by Crippen LogP contribution is 2.32. The Labute approximate surface area is 417 Å². The van der Waals surface area contributed by atoms with Crippen LogP contribution >= 0.6 is 45.9 Å². The van der Waals surface area contributed by atoms with Gasteiger partial charge in [-0.1, -0.05) is 19.6 Å². The lowest BCUT2D eigenvalue weighted by molar-refractivity contribution is 0.239. The van der Waals surface area contributed by atoms with Crippen LogP contribution in [0, 0.1) is 0 Å². The number of unbranched alkanes of at least 4 members (excludes halogenated alkanes) is 2. The molecule has 4 aromatic carbocycles. The van der Waals surface area contributed by atoms with Gasteiger partial charge < -0.3 is 34.3 Å². The fraction of sp³-hybridized carbons (Fsp3) is 0.358. The van der Waals surface area contributed by atoms with E-state index in [4.69, 9.17) is 37.8 Å². The van der Waals surface area contributed by atoms with Gasteiger partial charge in [0.1, 0.15) is 11.5 Å². The standard InChI is InChI=1S/2C25H27N3O2S.CH2Cl2.CH4O.CH4/c2*29-25-9-7-19-6-8-20(18-22(19)26-25)30-16-2-1-11-27-12-14-28(15-13-27)23-4-3-5-24-21(23)10-17-31-24;2-1-3;1-2;/h2*3-10,17-18H,1-2,11-16H2,(H,26,29);1H2;2H,1H3;1H4. The summed E-state index contributed by atoms with van der Waals surface area (Å²) in [6.45, 7) is 12.4. The summed E-state index contributed by atoms with van der Waals surface area (Å²) < 4.78 is 14.6. The van der Waals surface area contributed by atoms with Crippen molar-refractivity contribution >= 4 is 99.2 Å². The summed E-state index contributed by atoms with van der Waals surface area (Å²) in [5.74, 6) is 1.62. The third kappa shape index (κ3) is 14.5. The van der Waals surface area contributed by atoms with Gasteiger partial charge in [0.05, 0.1) is 29.6 Å². The molecular formula is C53H64Cl2N6O5S2. The molecule has 0 atom stereocenters. The number of alkyl halides is 2. The number of thiophene rings is 2. The van der Waals surface area contributed by atoms with E-state index in [0.717, 1.165) is 132 Å². The molecular weight excluding hydrogens is 936 g/mol. The molecule has 0 radical (unpaired) electrons. The first-order valence-electron chi connectivity index (χ1n) is 22.9. The van der Waals surface area contributed by atoms with Gasteiger partial charge in [0.25, 0.3) is 0 Å². The minimum Gasteiger partial charge on any atom is -0.494 e. The Hall–Kier alpha value is -5.12. The molecule has 0 bridgehead atoms. The van der Waals surface area contributed by atoms with Gasteiger partial charge in [-0.3, -0.25) is 19.4 Å². The van der Waals surface area contributed by atoms with E-state index in [1.165, 1.54) is 31.5 Å². The van der Waals surface area contributed by atoms with Crippen molar-refractivity contribution in [2.75, 3.05) is 101 Å². The Balaban J connectivity index is 0.000000202. The van der Waals surface area contributed by atoms with Crippen molar-refractivity contribution in [3.8, 4) is 11.5 Å². The van der Waals surface area contributed by atoms with E-state index in [1.54, 1.807) is 12.1 Å². The Bertz CT molecular complexity index is 2680. The van der Waals surface area contributed by atoms with E-state index in [0.29, 0.717) is 13.2 Å². The number of pyridine rings is 2. The fourth-order valence-electron chi connectivity index (χ4n) is 8.62. The summed E-state index contributed by atoms with van der Waals surface area (Å²) in [4.78, 5) is 38.9. The summed E-state index contributed by atoms with van der Waals surface area (Å²) in [6.07, 6.45) is 4.31. The first kappa shape index (κ1) is 52.3. The van der Waals surface area contributed by atoms with E-state index < -0.39 is 0 Å². The first-order valence-corrected chi connectivity index (χ1v) is 25.7. The topological polar surface area (TPSA) is 117 Å². The predicted octanol–water partition coefficient (Wildman–Crippen LogP) is 11.1. The molecule has 0 aliphatic carbocycles. The van der Waals surface area contributed by atoms with Crippen molar-refractivity contribution in [1.82, 2.24) is 19.8 Å². The summed E-state index contributed by atoms with van der Waals surface area (Å²) in [7, 11) is 1.00. The molecule has 6 heterocycles. The molecule has 362 valence electrons. The number of hydrogen-bond donors (Lipinski definition) is 3. The lowest BCUT2D eigenvalue weighted by atomic mass is 10.2. The second-order valence-corrected chi connectivity index (χ2v) is 18.9. The van der Waals surface area contributed by atoms with Crippen molar-refractivity contribution in [2.24, 2.45) is 0 Å². The molecule has 2 fully saturated rings. The number of nitrogens with one attached hydrogen (secondary N) is 2. The largest absolute Gasteiger partial charge is 0.494 e. The van der Waals surface area contributed by atoms with Crippen LogP contribution in [0.15, 0.2) is 130 Å². The summed E-state index contributed by atoms with van der Waals surface area (Å²) in [6, 6.07) is 36.2. The molecule has 2 aliphatic rings. The Morgan fingerprint density at radius 3 is 1.35 bits per heavy atom. The molecule has 2 saturated heterocycles. The summed E-state index contributed by atoms with van der Waals surface area (Å²) in [5, 5.41) is 16.4. The van der Waals surface area contributed by atoms with Gasteiger partial charge in [-0.25, -0.2) is 0 Å². The number of aliphatic hydroxyl groups is 1. The highest BCUT2D eigenvalue weighted by Gasteiger charge is 2.20. The van der Waals surface area contributed by atoms with Crippen LogP contribution in [-0.4, -0.2) is 116 Å². The van der Waals surface area contributed by atoms with Crippen molar-refractivity contribution in [3.05, 3.63) is 141 Å². The first-order chi connectivity index (χ1) is 32.9. The summed E-state index contributed by atoms with van der Waals surface area (Å²) in [5.41, 5.74) is 4.22. The predicted molar refractivity (Wildman–Crippen MR) is 291 cm³/mol. The smallest absolute Gasteiger partial charge is 0.248 e. The van der Waals surface area contributed by atoms with E-state index >= 15 is 0 Å². The Morgan fingerprint density at radius 1 is 0.544 bits per heavy atom. The summed E-state index contributed by atoms with van der Waals surface area (Å²) >= 11 is 13.2. The molecule has 11 nitrogen and oxygen atoms in total. The fourth-order valence-corrected chi connectivity index (χ4v) is 10.2. The number of nitrogens with zero attached hydrogens (tertiary/aromatic N) is 4. The molecule has 8 aromatic rings. The lowest BCUT2D eigenvalue weighted by Gasteiger charge is -2.36. The van der Waals surface area contributed by atoms with Crippen LogP contribution in [0.3, 0.4) is 0 Å². The van der Waals surface area contributed by atoms with Crippen molar-refractivity contribution in [3.63, 3.8) is 0 Å². The molecule has 68 heavy (non-hydrogen) atoms. The third-order valence-corrected chi connectivity index (χ3v) is 13.8. The van der Waals surface area contributed by atoms with E-state index in [9.17, 15) is 9.59 Å². The lowest BCUT2D eigenvalue weighted by Crippen LogP contribution is -2.46. The number of aromatic amines is 2. The van der Waals surface area contributed by atoms with Gasteiger partial charge in [0.2, 0.25) is 11.1 Å². The van der Waals surface area contributed by atoms with Crippen molar-refractivity contribution in [1.29, 1.82) is 0 Å². The molecule has 10 rings (SSSR count). The number of fused-ring (bicyclic) bond motifs is 4. The van der Waals surface area contributed by atoms with E-state index in [1.807, 2.05) is 71.2 Å². The number of benzene rings is 4. The van der Waals surface area contributed by atoms with E-state index in [-0.39, 0.29) is 23.9 Å². The van der Waals surface area contributed by atoms with Gasteiger partial charge in [-0.2, -0.15) is 0 Å². The van der Waals surface area contributed by atoms with Crippen LogP contribution in [0.1, 0.15) is 33.1 Å². The van der Waals surface area contributed by atoms with Gasteiger partial charge in [0, 0.05) is 115 Å². The van der Waals surface area contributed by atoms with Crippen LogP contribution in [-0.2, 0) is 0 Å². The number of aromatic nitrogens is 2. The number of ether oxygens (including phenoxy) is 2. The Morgan fingerprint density at radius 2 is 0.941 bits per heavy atom.